The smallest absolute Gasteiger partial charge is 0.263 e. The van der Waals surface area contributed by atoms with Gasteiger partial charge in [-0.05, 0) is 31.4 Å². The van der Waals surface area contributed by atoms with Gasteiger partial charge in [0.25, 0.3) is 5.56 Å². The van der Waals surface area contributed by atoms with Gasteiger partial charge in [-0.15, -0.1) is 10.2 Å². The number of aromatic nitrogens is 4. The van der Waals surface area contributed by atoms with Gasteiger partial charge < -0.3 is 0 Å². The number of rotatable bonds is 3. The summed E-state index contributed by atoms with van der Waals surface area (Å²) in [5.41, 5.74) is 1.00. The highest BCUT2D eigenvalue weighted by atomic mass is 16.1. The number of hydrogen-bond acceptors (Lipinski definition) is 3. The highest BCUT2D eigenvalue weighted by molar-refractivity contribution is 5.80. The third-order valence-electron chi connectivity index (χ3n) is 4.94. The number of benzene rings is 1. The molecule has 0 aliphatic heterocycles. The maximum atomic E-state index is 13.1. The predicted octanol–water partition coefficient (Wildman–Crippen LogP) is 3.50. The summed E-state index contributed by atoms with van der Waals surface area (Å²) in [5, 5.41) is 9.55. The summed E-state index contributed by atoms with van der Waals surface area (Å²) in [7, 11) is 0. The van der Waals surface area contributed by atoms with Gasteiger partial charge in [0, 0.05) is 12.5 Å². The van der Waals surface area contributed by atoms with Gasteiger partial charge >= 0.3 is 0 Å². The van der Waals surface area contributed by atoms with Crippen LogP contribution in [0.4, 0.5) is 0 Å². The Morgan fingerprint density at radius 3 is 2.70 bits per heavy atom. The number of nitrogens with zero attached hydrogens (tertiary/aromatic N) is 4. The molecule has 1 saturated carbocycles. The molecule has 0 bridgehead atoms. The Bertz CT molecular complexity index is 902. The average Bonchev–Trinajstić information content (AvgIpc) is 3.00. The van der Waals surface area contributed by atoms with Gasteiger partial charge in [0.1, 0.15) is 5.82 Å². The summed E-state index contributed by atoms with van der Waals surface area (Å²) in [6, 6.07) is 8.08. The zero-order chi connectivity index (χ0) is 15.8. The molecule has 0 spiro atoms. The maximum absolute atomic E-state index is 13.1. The fourth-order valence-corrected chi connectivity index (χ4v) is 3.83. The number of para-hydroxylation sites is 1. The molecule has 1 fully saturated rings. The Balaban J connectivity index is 2.07. The molecule has 0 atom stereocenters. The molecule has 23 heavy (non-hydrogen) atoms. The van der Waals surface area contributed by atoms with E-state index in [9.17, 15) is 4.79 Å². The second-order valence-corrected chi connectivity index (χ2v) is 6.49. The summed E-state index contributed by atoms with van der Waals surface area (Å²) in [4.78, 5) is 13.1. The first kappa shape index (κ1) is 14.4. The average molecular weight is 310 g/mol. The molecule has 1 aliphatic rings. The Kier molecular flexibility index (Phi) is 3.63. The third kappa shape index (κ3) is 2.26. The van der Waals surface area contributed by atoms with E-state index in [2.05, 4.69) is 21.5 Å². The topological polar surface area (TPSA) is 52.2 Å². The van der Waals surface area contributed by atoms with Crippen molar-refractivity contribution in [2.75, 3.05) is 0 Å². The Hall–Kier alpha value is -2.17. The van der Waals surface area contributed by atoms with Gasteiger partial charge in [-0.3, -0.25) is 13.8 Å². The van der Waals surface area contributed by atoms with E-state index in [4.69, 9.17) is 0 Å². The third-order valence-corrected chi connectivity index (χ3v) is 4.94. The lowest BCUT2D eigenvalue weighted by Crippen LogP contribution is -2.28. The van der Waals surface area contributed by atoms with Crippen LogP contribution in [0.25, 0.3) is 16.7 Å². The zero-order valence-electron chi connectivity index (χ0n) is 13.5. The van der Waals surface area contributed by atoms with Crippen molar-refractivity contribution in [1.29, 1.82) is 0 Å². The van der Waals surface area contributed by atoms with Gasteiger partial charge in [0.15, 0.2) is 0 Å². The number of hydrogen-bond donors (Lipinski definition) is 0. The quantitative estimate of drug-likeness (QED) is 0.744. The lowest BCUT2D eigenvalue weighted by atomic mass is 9.95. The van der Waals surface area contributed by atoms with E-state index in [0.717, 1.165) is 42.4 Å². The van der Waals surface area contributed by atoms with E-state index in [-0.39, 0.29) is 11.6 Å². The first-order valence-electron chi connectivity index (χ1n) is 8.68. The van der Waals surface area contributed by atoms with Crippen LogP contribution in [0.15, 0.2) is 29.1 Å². The molecule has 2 aromatic heterocycles. The van der Waals surface area contributed by atoms with Crippen LogP contribution in [0.1, 0.15) is 57.3 Å². The number of fused-ring (bicyclic) bond motifs is 3. The molecule has 2 heterocycles. The van der Waals surface area contributed by atoms with Crippen LogP contribution >= 0.6 is 0 Å². The molecule has 0 N–H and O–H groups in total. The Morgan fingerprint density at radius 1 is 1.13 bits per heavy atom. The van der Waals surface area contributed by atoms with E-state index < -0.39 is 0 Å². The first-order chi connectivity index (χ1) is 11.3. The molecule has 1 aromatic carbocycles. The van der Waals surface area contributed by atoms with Gasteiger partial charge in [0.2, 0.25) is 5.78 Å². The van der Waals surface area contributed by atoms with E-state index in [1.165, 1.54) is 19.3 Å². The van der Waals surface area contributed by atoms with Crippen LogP contribution < -0.4 is 5.56 Å². The van der Waals surface area contributed by atoms with Crippen molar-refractivity contribution < 1.29 is 0 Å². The molecule has 0 saturated heterocycles. The fraction of sp³-hybridized carbons (Fsp3) is 0.500. The minimum Gasteiger partial charge on any atom is -0.273 e. The van der Waals surface area contributed by atoms with Crippen LogP contribution in [0.3, 0.4) is 0 Å². The number of aryl methyl sites for hydroxylation is 1. The van der Waals surface area contributed by atoms with Crippen LogP contribution in [0, 0.1) is 0 Å². The standard InChI is InChI=1S/C18H22N4O/c1-2-8-16-19-20-18-21(13-9-4-3-5-10-13)17(23)14-11-6-7-12-15(14)22(16)18/h6-7,11-13H,2-5,8-10H2,1H3. The van der Waals surface area contributed by atoms with Gasteiger partial charge in [-0.2, -0.15) is 0 Å². The molecule has 120 valence electrons. The van der Waals surface area contributed by atoms with Gasteiger partial charge in [0.05, 0.1) is 10.9 Å². The van der Waals surface area contributed by atoms with Crippen molar-refractivity contribution in [1.82, 2.24) is 19.2 Å². The van der Waals surface area contributed by atoms with Gasteiger partial charge in [-0.1, -0.05) is 38.3 Å². The van der Waals surface area contributed by atoms with E-state index in [1.54, 1.807) is 0 Å². The highest BCUT2D eigenvalue weighted by Crippen LogP contribution is 2.29. The van der Waals surface area contributed by atoms with Crippen molar-refractivity contribution in [2.24, 2.45) is 0 Å². The minimum atomic E-state index is 0.0791. The van der Waals surface area contributed by atoms with Crippen molar-refractivity contribution in [3.63, 3.8) is 0 Å². The van der Waals surface area contributed by atoms with Crippen LogP contribution in [-0.2, 0) is 6.42 Å². The SMILES string of the molecule is CCCc1nnc2n(C3CCCCC3)c(=O)c3ccccc3n12. The summed E-state index contributed by atoms with van der Waals surface area (Å²) >= 11 is 0. The molecule has 0 amide bonds. The van der Waals surface area contributed by atoms with Crippen molar-refractivity contribution in [2.45, 2.75) is 57.9 Å². The molecule has 5 heteroatoms. The van der Waals surface area contributed by atoms with Crippen LogP contribution in [0.2, 0.25) is 0 Å². The van der Waals surface area contributed by atoms with E-state index >= 15 is 0 Å². The normalized spacial score (nSPS) is 16.4. The monoisotopic (exact) mass is 310 g/mol. The Morgan fingerprint density at radius 2 is 1.91 bits per heavy atom. The summed E-state index contributed by atoms with van der Waals surface area (Å²) in [5.74, 6) is 1.66. The van der Waals surface area contributed by atoms with E-state index in [1.807, 2.05) is 28.8 Å². The van der Waals surface area contributed by atoms with Crippen LogP contribution in [-0.4, -0.2) is 19.2 Å². The lowest BCUT2D eigenvalue weighted by Gasteiger charge is -2.24. The van der Waals surface area contributed by atoms with Crippen LogP contribution in [0.5, 0.6) is 0 Å². The second kappa shape index (κ2) is 5.80. The Labute approximate surface area is 135 Å². The summed E-state index contributed by atoms with van der Waals surface area (Å²) in [6.45, 7) is 2.14. The molecule has 0 radical (unpaired) electrons. The molecule has 3 aromatic rings. The summed E-state index contributed by atoms with van der Waals surface area (Å²) < 4.78 is 4.00. The minimum absolute atomic E-state index is 0.0791. The molecular formula is C18H22N4O. The molecule has 4 rings (SSSR count). The van der Waals surface area contributed by atoms with E-state index in [0.29, 0.717) is 5.78 Å². The lowest BCUT2D eigenvalue weighted by molar-refractivity contribution is 0.351. The molecular weight excluding hydrogens is 288 g/mol. The largest absolute Gasteiger partial charge is 0.273 e. The first-order valence-corrected chi connectivity index (χ1v) is 8.68. The second-order valence-electron chi connectivity index (χ2n) is 6.49. The van der Waals surface area contributed by atoms with Crippen molar-refractivity contribution in [3.05, 3.63) is 40.4 Å². The van der Waals surface area contributed by atoms with Crippen molar-refractivity contribution >= 4 is 16.7 Å². The summed E-state index contributed by atoms with van der Waals surface area (Å²) in [6.07, 6.45) is 7.64. The molecule has 0 unspecified atom stereocenters. The highest BCUT2D eigenvalue weighted by Gasteiger charge is 2.23. The molecule has 1 aliphatic carbocycles. The van der Waals surface area contributed by atoms with Gasteiger partial charge in [-0.25, -0.2) is 0 Å². The maximum Gasteiger partial charge on any atom is 0.263 e. The predicted molar refractivity (Wildman–Crippen MR) is 90.9 cm³/mol. The van der Waals surface area contributed by atoms with Crippen molar-refractivity contribution in [3.8, 4) is 0 Å². The fourth-order valence-electron chi connectivity index (χ4n) is 3.83. The molecule has 5 nitrogen and oxygen atoms in total. The zero-order valence-corrected chi connectivity index (χ0v) is 13.5.